The third-order valence-corrected chi connectivity index (χ3v) is 3.10. The van der Waals surface area contributed by atoms with Crippen molar-refractivity contribution >= 4 is 6.01 Å². The molecule has 102 valence electrons. The number of aryl methyl sites for hydroxylation is 1. The second-order valence-corrected chi connectivity index (χ2v) is 4.60. The summed E-state index contributed by atoms with van der Waals surface area (Å²) in [6.45, 7) is 7.71. The molecule has 1 saturated heterocycles. The number of hydrogen-bond acceptors (Lipinski definition) is 6. The van der Waals surface area contributed by atoms with E-state index in [0.29, 0.717) is 6.01 Å². The van der Waals surface area contributed by atoms with Crippen LogP contribution in [-0.4, -0.2) is 61.5 Å². The van der Waals surface area contributed by atoms with Crippen molar-refractivity contribution in [1.29, 1.82) is 0 Å². The summed E-state index contributed by atoms with van der Waals surface area (Å²) in [7, 11) is 1.99. The Morgan fingerprint density at radius 1 is 1.28 bits per heavy atom. The van der Waals surface area contributed by atoms with E-state index in [1.807, 2.05) is 11.9 Å². The van der Waals surface area contributed by atoms with E-state index in [9.17, 15) is 0 Å². The van der Waals surface area contributed by atoms with Gasteiger partial charge in [-0.15, -0.1) is 5.10 Å². The zero-order valence-electron chi connectivity index (χ0n) is 11.3. The fourth-order valence-electron chi connectivity index (χ4n) is 1.93. The molecule has 1 aromatic rings. The van der Waals surface area contributed by atoms with Gasteiger partial charge in [0, 0.05) is 39.6 Å². The van der Waals surface area contributed by atoms with Gasteiger partial charge in [0.2, 0.25) is 5.89 Å². The molecule has 1 aliphatic heterocycles. The molecule has 1 aromatic heterocycles. The lowest BCUT2D eigenvalue weighted by molar-refractivity contribution is 0.0392. The van der Waals surface area contributed by atoms with Gasteiger partial charge >= 0.3 is 6.01 Å². The average Bonchev–Trinajstić information content (AvgIpc) is 2.86. The molecular formula is C12H22N4O2. The first-order valence-corrected chi connectivity index (χ1v) is 6.63. The number of hydrogen-bond donors (Lipinski definition) is 0. The molecule has 0 atom stereocenters. The maximum atomic E-state index is 5.59. The van der Waals surface area contributed by atoms with E-state index in [1.165, 1.54) is 0 Å². The highest BCUT2D eigenvalue weighted by Crippen LogP contribution is 2.11. The van der Waals surface area contributed by atoms with Crippen LogP contribution in [0.2, 0.25) is 0 Å². The minimum absolute atomic E-state index is 0.617. The molecule has 0 N–H and O–H groups in total. The summed E-state index contributed by atoms with van der Waals surface area (Å²) in [6, 6.07) is 0.617. The van der Waals surface area contributed by atoms with Crippen LogP contribution in [0.3, 0.4) is 0 Å². The van der Waals surface area contributed by atoms with Gasteiger partial charge in [-0.25, -0.2) is 0 Å². The van der Waals surface area contributed by atoms with Crippen molar-refractivity contribution in [2.45, 2.75) is 19.8 Å². The van der Waals surface area contributed by atoms with Crippen LogP contribution < -0.4 is 4.90 Å². The van der Waals surface area contributed by atoms with Gasteiger partial charge in [-0.3, -0.25) is 4.90 Å². The third kappa shape index (κ3) is 3.68. The van der Waals surface area contributed by atoms with Gasteiger partial charge in [0.05, 0.1) is 13.2 Å². The molecule has 1 aliphatic rings. The standard InChI is InChI=1S/C12H22N4O2/c1-3-4-11-13-14-12(18-11)15(2)5-6-16-7-9-17-10-8-16/h3-10H2,1-2H3. The van der Waals surface area contributed by atoms with Crippen LogP contribution in [0.15, 0.2) is 4.42 Å². The van der Waals surface area contributed by atoms with E-state index in [0.717, 1.165) is 58.1 Å². The summed E-state index contributed by atoms with van der Waals surface area (Å²) in [4.78, 5) is 4.41. The van der Waals surface area contributed by atoms with Crippen LogP contribution in [-0.2, 0) is 11.2 Å². The summed E-state index contributed by atoms with van der Waals surface area (Å²) in [5.41, 5.74) is 0. The number of aromatic nitrogens is 2. The second kappa shape index (κ2) is 6.70. The Morgan fingerprint density at radius 2 is 2.06 bits per heavy atom. The highest BCUT2D eigenvalue weighted by Gasteiger charge is 2.14. The lowest BCUT2D eigenvalue weighted by Crippen LogP contribution is -2.40. The SMILES string of the molecule is CCCc1nnc(N(C)CCN2CCOCC2)o1. The topological polar surface area (TPSA) is 54.6 Å². The van der Waals surface area contributed by atoms with Gasteiger partial charge in [0.15, 0.2) is 0 Å². The van der Waals surface area contributed by atoms with Gasteiger partial charge in [-0.05, 0) is 6.42 Å². The molecule has 6 heteroatoms. The van der Waals surface area contributed by atoms with Crippen LogP contribution in [0, 0.1) is 0 Å². The molecule has 0 saturated carbocycles. The summed E-state index contributed by atoms with van der Waals surface area (Å²) < 4.78 is 10.9. The van der Waals surface area contributed by atoms with Crippen LogP contribution >= 0.6 is 0 Å². The Labute approximate surface area is 108 Å². The van der Waals surface area contributed by atoms with Crippen molar-refractivity contribution in [3.05, 3.63) is 5.89 Å². The fourth-order valence-corrected chi connectivity index (χ4v) is 1.93. The maximum absolute atomic E-state index is 5.59. The van der Waals surface area contributed by atoms with Crippen molar-refractivity contribution in [3.63, 3.8) is 0 Å². The Morgan fingerprint density at radius 3 is 2.78 bits per heavy atom. The van der Waals surface area contributed by atoms with Crippen LogP contribution in [0.1, 0.15) is 19.2 Å². The highest BCUT2D eigenvalue weighted by atomic mass is 16.5. The lowest BCUT2D eigenvalue weighted by Gasteiger charge is -2.28. The third-order valence-electron chi connectivity index (χ3n) is 3.10. The molecule has 0 radical (unpaired) electrons. The van der Waals surface area contributed by atoms with E-state index < -0.39 is 0 Å². The number of rotatable bonds is 6. The summed E-state index contributed by atoms with van der Waals surface area (Å²) in [5.74, 6) is 0.728. The van der Waals surface area contributed by atoms with Gasteiger partial charge in [-0.2, -0.15) is 0 Å². The molecule has 0 spiro atoms. The Bertz CT molecular complexity index is 350. The molecular weight excluding hydrogens is 232 g/mol. The molecule has 0 aromatic carbocycles. The van der Waals surface area contributed by atoms with Gasteiger partial charge < -0.3 is 14.1 Å². The normalized spacial score (nSPS) is 17.0. The second-order valence-electron chi connectivity index (χ2n) is 4.60. The highest BCUT2D eigenvalue weighted by molar-refractivity contribution is 5.21. The van der Waals surface area contributed by atoms with Crippen LogP contribution in [0.4, 0.5) is 6.01 Å². The zero-order valence-corrected chi connectivity index (χ0v) is 11.3. The fraction of sp³-hybridized carbons (Fsp3) is 0.833. The lowest BCUT2D eigenvalue weighted by atomic mass is 10.3. The largest absolute Gasteiger partial charge is 0.408 e. The number of ether oxygens (including phenoxy) is 1. The monoisotopic (exact) mass is 254 g/mol. The minimum atomic E-state index is 0.617. The molecule has 0 bridgehead atoms. The molecule has 2 heterocycles. The molecule has 18 heavy (non-hydrogen) atoms. The predicted molar refractivity (Wildman–Crippen MR) is 68.8 cm³/mol. The first kappa shape index (κ1) is 13.3. The summed E-state index contributed by atoms with van der Waals surface area (Å²) in [5, 5.41) is 8.09. The Kier molecular flexibility index (Phi) is 4.95. The van der Waals surface area contributed by atoms with Gasteiger partial charge in [0.1, 0.15) is 0 Å². The minimum Gasteiger partial charge on any atom is -0.408 e. The molecule has 1 fully saturated rings. The van der Waals surface area contributed by atoms with Gasteiger partial charge in [0.25, 0.3) is 0 Å². The molecule has 0 aliphatic carbocycles. The van der Waals surface area contributed by atoms with Crippen LogP contribution in [0.5, 0.6) is 0 Å². The smallest absolute Gasteiger partial charge is 0.317 e. The van der Waals surface area contributed by atoms with Crippen LogP contribution in [0.25, 0.3) is 0 Å². The zero-order chi connectivity index (χ0) is 12.8. The van der Waals surface area contributed by atoms with Crippen molar-refractivity contribution < 1.29 is 9.15 Å². The molecule has 0 unspecified atom stereocenters. The maximum Gasteiger partial charge on any atom is 0.317 e. The molecule has 0 amide bonds. The van der Waals surface area contributed by atoms with E-state index >= 15 is 0 Å². The molecule has 6 nitrogen and oxygen atoms in total. The van der Waals surface area contributed by atoms with Crippen molar-refractivity contribution in [1.82, 2.24) is 15.1 Å². The molecule has 2 rings (SSSR count). The van der Waals surface area contributed by atoms with E-state index in [2.05, 4.69) is 22.0 Å². The van der Waals surface area contributed by atoms with E-state index in [1.54, 1.807) is 0 Å². The Balaban J connectivity index is 1.77. The number of morpholine rings is 1. The van der Waals surface area contributed by atoms with Crippen molar-refractivity contribution in [3.8, 4) is 0 Å². The summed E-state index contributed by atoms with van der Waals surface area (Å²) in [6.07, 6.45) is 1.88. The van der Waals surface area contributed by atoms with E-state index in [4.69, 9.17) is 9.15 Å². The van der Waals surface area contributed by atoms with Crippen molar-refractivity contribution in [2.24, 2.45) is 0 Å². The number of nitrogens with zero attached hydrogens (tertiary/aromatic N) is 4. The number of likely N-dealkylation sites (N-methyl/N-ethyl adjacent to an activating group) is 1. The number of anilines is 1. The first-order valence-electron chi connectivity index (χ1n) is 6.63. The predicted octanol–water partition coefficient (Wildman–Crippen LogP) is 0.790. The first-order chi connectivity index (χ1) is 8.79. The van der Waals surface area contributed by atoms with Gasteiger partial charge in [-0.1, -0.05) is 12.0 Å². The van der Waals surface area contributed by atoms with Crippen molar-refractivity contribution in [2.75, 3.05) is 51.3 Å². The quantitative estimate of drug-likeness (QED) is 0.748. The Hall–Kier alpha value is -1.14. The van der Waals surface area contributed by atoms with E-state index in [-0.39, 0.29) is 0 Å². The average molecular weight is 254 g/mol. The summed E-state index contributed by atoms with van der Waals surface area (Å²) >= 11 is 0.